The summed E-state index contributed by atoms with van der Waals surface area (Å²) in [6.07, 6.45) is 0.475. The summed E-state index contributed by atoms with van der Waals surface area (Å²) in [6.45, 7) is 0. The Labute approximate surface area is 127 Å². The van der Waals surface area contributed by atoms with Gasteiger partial charge in [0.1, 0.15) is 17.4 Å². The van der Waals surface area contributed by atoms with Gasteiger partial charge in [0.15, 0.2) is 0 Å². The Morgan fingerprint density at radius 1 is 1.19 bits per heavy atom. The minimum absolute atomic E-state index is 0.307. The minimum atomic E-state index is -0.591. The van der Waals surface area contributed by atoms with Crippen molar-refractivity contribution in [3.8, 4) is 5.75 Å². The Morgan fingerprint density at radius 3 is 2.57 bits per heavy atom. The molecular formula is C16H16ClF2NO. The van der Waals surface area contributed by atoms with Crippen LogP contribution in [-0.2, 0) is 6.42 Å². The molecule has 5 heteroatoms. The number of halogens is 3. The van der Waals surface area contributed by atoms with E-state index < -0.39 is 11.6 Å². The number of hydrogen-bond acceptors (Lipinski definition) is 2. The first-order valence-corrected chi connectivity index (χ1v) is 6.87. The van der Waals surface area contributed by atoms with Gasteiger partial charge in [-0.25, -0.2) is 8.78 Å². The second-order valence-electron chi connectivity index (χ2n) is 4.67. The van der Waals surface area contributed by atoms with Gasteiger partial charge < -0.3 is 10.1 Å². The van der Waals surface area contributed by atoms with Gasteiger partial charge in [0.2, 0.25) is 0 Å². The first-order valence-electron chi connectivity index (χ1n) is 6.49. The maximum atomic E-state index is 13.9. The average Bonchev–Trinajstić information content (AvgIpc) is 2.45. The largest absolute Gasteiger partial charge is 0.496 e. The third-order valence-corrected chi connectivity index (χ3v) is 3.59. The van der Waals surface area contributed by atoms with Crippen molar-refractivity contribution in [3.63, 3.8) is 0 Å². The Kier molecular flexibility index (Phi) is 5.15. The Hall–Kier alpha value is -1.65. The van der Waals surface area contributed by atoms with Gasteiger partial charge in [-0.3, -0.25) is 0 Å². The number of methoxy groups -OCH3 is 1. The van der Waals surface area contributed by atoms with Crippen LogP contribution in [0.4, 0.5) is 8.78 Å². The molecule has 1 N–H and O–H groups in total. The highest BCUT2D eigenvalue weighted by molar-refractivity contribution is 6.30. The van der Waals surface area contributed by atoms with Crippen LogP contribution in [0.2, 0.25) is 5.02 Å². The molecule has 0 fully saturated rings. The molecule has 0 radical (unpaired) electrons. The summed E-state index contributed by atoms with van der Waals surface area (Å²) in [5, 5.41) is 3.62. The summed E-state index contributed by atoms with van der Waals surface area (Å²) in [6, 6.07) is 8.56. The number of benzene rings is 2. The summed E-state index contributed by atoms with van der Waals surface area (Å²) < 4.78 is 32.2. The normalized spacial score (nSPS) is 12.2. The Balaban J connectivity index is 2.33. The van der Waals surface area contributed by atoms with E-state index in [9.17, 15) is 8.78 Å². The number of ether oxygens (including phenoxy) is 1. The van der Waals surface area contributed by atoms with E-state index in [4.69, 9.17) is 16.3 Å². The van der Waals surface area contributed by atoms with Crippen LogP contribution < -0.4 is 10.1 Å². The SMILES string of the molecule is CNC(Cc1cc(Cl)ccc1OC)c1ccc(F)cc1F. The molecule has 0 heterocycles. The van der Waals surface area contributed by atoms with Gasteiger partial charge in [-0.05, 0) is 43.3 Å². The topological polar surface area (TPSA) is 21.3 Å². The van der Waals surface area contributed by atoms with Gasteiger partial charge in [0.25, 0.3) is 0 Å². The second-order valence-corrected chi connectivity index (χ2v) is 5.10. The van der Waals surface area contributed by atoms with Gasteiger partial charge in [-0.15, -0.1) is 0 Å². The third kappa shape index (κ3) is 3.71. The number of hydrogen-bond donors (Lipinski definition) is 1. The molecule has 1 atom stereocenters. The molecule has 2 rings (SSSR count). The summed E-state index contributed by atoms with van der Waals surface area (Å²) in [5.41, 5.74) is 1.26. The van der Waals surface area contributed by atoms with E-state index in [0.717, 1.165) is 11.6 Å². The van der Waals surface area contributed by atoms with Gasteiger partial charge in [-0.2, -0.15) is 0 Å². The molecule has 2 aromatic rings. The highest BCUT2D eigenvalue weighted by Crippen LogP contribution is 2.28. The van der Waals surface area contributed by atoms with Crippen LogP contribution in [0.25, 0.3) is 0 Å². The highest BCUT2D eigenvalue weighted by Gasteiger charge is 2.17. The zero-order chi connectivity index (χ0) is 15.4. The molecule has 2 aromatic carbocycles. The van der Waals surface area contributed by atoms with Crippen molar-refractivity contribution in [2.24, 2.45) is 0 Å². The average molecular weight is 312 g/mol. The fourth-order valence-corrected chi connectivity index (χ4v) is 2.47. The first-order chi connectivity index (χ1) is 10.0. The number of nitrogens with one attached hydrogen (secondary N) is 1. The summed E-state index contributed by atoms with van der Waals surface area (Å²) in [4.78, 5) is 0. The van der Waals surface area contributed by atoms with Crippen LogP contribution in [0.1, 0.15) is 17.2 Å². The van der Waals surface area contributed by atoms with Crippen molar-refractivity contribution in [1.82, 2.24) is 5.32 Å². The van der Waals surface area contributed by atoms with E-state index in [-0.39, 0.29) is 6.04 Å². The number of likely N-dealkylation sites (N-methyl/N-ethyl adjacent to an activating group) is 1. The summed E-state index contributed by atoms with van der Waals surface area (Å²) in [5.74, 6) is -0.482. The van der Waals surface area contributed by atoms with E-state index in [2.05, 4.69) is 5.32 Å². The van der Waals surface area contributed by atoms with Crippen LogP contribution in [0.15, 0.2) is 36.4 Å². The maximum absolute atomic E-state index is 13.9. The molecule has 0 spiro atoms. The molecule has 0 saturated heterocycles. The van der Waals surface area contributed by atoms with Crippen molar-refractivity contribution in [1.29, 1.82) is 0 Å². The van der Waals surface area contributed by atoms with Crippen molar-refractivity contribution in [3.05, 3.63) is 64.2 Å². The fourth-order valence-electron chi connectivity index (χ4n) is 2.28. The van der Waals surface area contributed by atoms with Crippen molar-refractivity contribution in [2.45, 2.75) is 12.5 Å². The molecule has 0 aromatic heterocycles. The summed E-state index contributed by atoms with van der Waals surface area (Å²) in [7, 11) is 3.30. The molecular weight excluding hydrogens is 296 g/mol. The molecule has 0 saturated carbocycles. The molecule has 0 amide bonds. The van der Waals surface area contributed by atoms with E-state index in [1.165, 1.54) is 12.1 Å². The van der Waals surface area contributed by atoms with E-state index in [0.29, 0.717) is 22.8 Å². The van der Waals surface area contributed by atoms with Crippen LogP contribution in [0, 0.1) is 11.6 Å². The van der Waals surface area contributed by atoms with Gasteiger partial charge in [0, 0.05) is 22.7 Å². The molecule has 0 aliphatic heterocycles. The van der Waals surface area contributed by atoms with E-state index in [1.807, 2.05) is 0 Å². The van der Waals surface area contributed by atoms with Crippen LogP contribution in [0.5, 0.6) is 5.75 Å². The van der Waals surface area contributed by atoms with Crippen LogP contribution >= 0.6 is 11.6 Å². The van der Waals surface area contributed by atoms with Crippen molar-refractivity contribution in [2.75, 3.05) is 14.2 Å². The molecule has 0 aliphatic rings. The van der Waals surface area contributed by atoms with Crippen LogP contribution in [0.3, 0.4) is 0 Å². The molecule has 0 aliphatic carbocycles. The Bertz CT molecular complexity index is 634. The zero-order valence-electron chi connectivity index (χ0n) is 11.8. The van der Waals surface area contributed by atoms with Gasteiger partial charge in [-0.1, -0.05) is 17.7 Å². The number of rotatable bonds is 5. The molecule has 1 unspecified atom stereocenters. The lowest BCUT2D eigenvalue weighted by molar-refractivity contribution is 0.405. The molecule has 2 nitrogen and oxygen atoms in total. The quantitative estimate of drug-likeness (QED) is 0.896. The zero-order valence-corrected chi connectivity index (χ0v) is 12.5. The lowest BCUT2D eigenvalue weighted by Crippen LogP contribution is -2.20. The fraction of sp³-hybridized carbons (Fsp3) is 0.250. The summed E-state index contributed by atoms with van der Waals surface area (Å²) >= 11 is 6.00. The van der Waals surface area contributed by atoms with E-state index >= 15 is 0 Å². The predicted octanol–water partition coefficient (Wildman–Crippen LogP) is 4.13. The smallest absolute Gasteiger partial charge is 0.130 e. The van der Waals surface area contributed by atoms with Gasteiger partial charge >= 0.3 is 0 Å². The lowest BCUT2D eigenvalue weighted by Gasteiger charge is -2.19. The minimum Gasteiger partial charge on any atom is -0.496 e. The van der Waals surface area contributed by atoms with Crippen LogP contribution in [-0.4, -0.2) is 14.2 Å². The molecule has 112 valence electrons. The standard InChI is InChI=1S/C16H16ClF2NO/c1-20-15(13-5-4-12(18)9-14(13)19)8-10-7-11(17)3-6-16(10)21-2/h3-7,9,15,20H,8H2,1-2H3. The van der Waals surface area contributed by atoms with Gasteiger partial charge in [0.05, 0.1) is 7.11 Å². The highest BCUT2D eigenvalue weighted by atomic mass is 35.5. The molecule has 21 heavy (non-hydrogen) atoms. The second kappa shape index (κ2) is 6.87. The van der Waals surface area contributed by atoms with E-state index in [1.54, 1.807) is 32.4 Å². The predicted molar refractivity (Wildman–Crippen MR) is 79.9 cm³/mol. The maximum Gasteiger partial charge on any atom is 0.130 e. The lowest BCUT2D eigenvalue weighted by atomic mass is 9.98. The Morgan fingerprint density at radius 2 is 1.95 bits per heavy atom. The first kappa shape index (κ1) is 15.7. The molecule has 0 bridgehead atoms. The third-order valence-electron chi connectivity index (χ3n) is 3.35. The van der Waals surface area contributed by atoms with Crippen molar-refractivity contribution < 1.29 is 13.5 Å². The van der Waals surface area contributed by atoms with Crippen molar-refractivity contribution >= 4 is 11.6 Å². The monoisotopic (exact) mass is 311 g/mol.